The number of hydrogen-bond acceptors (Lipinski definition) is 7. The van der Waals surface area contributed by atoms with Gasteiger partial charge in [0.2, 0.25) is 0 Å². The quantitative estimate of drug-likeness (QED) is 0.387. The zero-order chi connectivity index (χ0) is 25.1. The number of carboxylic acid groups (broad SMARTS) is 1. The number of carbonyl (C=O) groups is 1. The van der Waals surface area contributed by atoms with Crippen LogP contribution in [0.4, 0.5) is 4.39 Å². The Morgan fingerprint density at radius 1 is 1.17 bits per heavy atom. The zero-order valence-electron chi connectivity index (χ0n) is 20.0. The van der Waals surface area contributed by atoms with Gasteiger partial charge in [-0.3, -0.25) is 0 Å². The van der Waals surface area contributed by atoms with Crippen LogP contribution >= 0.6 is 11.3 Å². The lowest BCUT2D eigenvalue weighted by Crippen LogP contribution is -2.27. The molecule has 0 bridgehead atoms. The molecule has 3 aromatic rings. The van der Waals surface area contributed by atoms with Crippen molar-refractivity contribution in [3.63, 3.8) is 0 Å². The Bertz CT molecular complexity index is 1180. The highest BCUT2D eigenvalue weighted by molar-refractivity contribution is 7.18. The van der Waals surface area contributed by atoms with Gasteiger partial charge in [-0.2, -0.15) is 0 Å². The van der Waals surface area contributed by atoms with E-state index >= 15 is 0 Å². The highest BCUT2D eigenvalue weighted by Gasteiger charge is 2.28. The Morgan fingerprint density at radius 3 is 2.43 bits per heavy atom. The minimum Gasteiger partial charge on any atom is -0.496 e. The summed E-state index contributed by atoms with van der Waals surface area (Å²) in [4.78, 5) is 16.1. The van der Waals surface area contributed by atoms with Gasteiger partial charge in [0.15, 0.2) is 0 Å². The molecule has 1 fully saturated rings. The smallest absolute Gasteiger partial charge is 0.338 e. The summed E-state index contributed by atoms with van der Waals surface area (Å²) < 4.78 is 31.6. The molecule has 1 saturated carbocycles. The molecule has 0 unspecified atom stereocenters. The summed E-state index contributed by atoms with van der Waals surface area (Å²) in [5.41, 5.74) is 1.46. The molecule has 1 aliphatic carbocycles. The van der Waals surface area contributed by atoms with Crippen molar-refractivity contribution in [2.45, 2.75) is 51.2 Å². The molecule has 2 atom stereocenters. The summed E-state index contributed by atoms with van der Waals surface area (Å²) in [6.07, 6.45) is 3.12. The van der Waals surface area contributed by atoms with Gasteiger partial charge in [-0.15, -0.1) is 11.3 Å². The third-order valence-corrected chi connectivity index (χ3v) is 7.62. The number of aliphatic hydroxyl groups excluding tert-OH is 1. The number of halogens is 1. The van der Waals surface area contributed by atoms with E-state index in [1.54, 1.807) is 26.4 Å². The molecular formula is C26H30FNO6S. The van der Waals surface area contributed by atoms with Crippen molar-refractivity contribution in [1.29, 1.82) is 0 Å². The molecule has 1 aliphatic rings. The number of aliphatic hydroxyl groups is 1. The lowest BCUT2D eigenvalue weighted by Gasteiger charge is -2.25. The van der Waals surface area contributed by atoms with Crippen molar-refractivity contribution in [3.8, 4) is 11.5 Å². The van der Waals surface area contributed by atoms with Crippen LogP contribution < -0.4 is 9.47 Å². The standard InChI is InChI=1S/C26H30FNO6S/c1-14-19(32-2)8-16(9-20(14)33-3)25(29)21(34-13-15-6-4-5-7-15)12-23-28-24-18(26(30)31)10-17(27)11-22(24)35-23/h8-11,15,21,25,29H,4-7,12-13H2,1-3H3,(H,30,31)/t21-,25+/m0/s1. The lowest BCUT2D eigenvalue weighted by molar-refractivity contribution is -0.0500. The monoisotopic (exact) mass is 503 g/mol. The van der Waals surface area contributed by atoms with Gasteiger partial charge in [-0.1, -0.05) is 12.8 Å². The maximum atomic E-state index is 14.0. The predicted molar refractivity (Wildman–Crippen MR) is 131 cm³/mol. The fraction of sp³-hybridized carbons (Fsp3) is 0.462. The molecule has 2 N–H and O–H groups in total. The van der Waals surface area contributed by atoms with E-state index in [0.29, 0.717) is 39.3 Å². The van der Waals surface area contributed by atoms with E-state index in [2.05, 4.69) is 4.98 Å². The number of thiazole rings is 1. The number of rotatable bonds is 10. The van der Waals surface area contributed by atoms with Crippen molar-refractivity contribution in [2.75, 3.05) is 20.8 Å². The number of hydrogen-bond donors (Lipinski definition) is 2. The van der Waals surface area contributed by atoms with Crippen LogP contribution in [0.5, 0.6) is 11.5 Å². The summed E-state index contributed by atoms with van der Waals surface area (Å²) in [5.74, 6) is -0.240. The first-order valence-electron chi connectivity index (χ1n) is 11.6. The summed E-state index contributed by atoms with van der Waals surface area (Å²) in [6, 6.07) is 5.79. The summed E-state index contributed by atoms with van der Waals surface area (Å²) in [5, 5.41) is 21.4. The second-order valence-corrected chi connectivity index (χ2v) is 10.0. The molecule has 0 saturated heterocycles. The molecule has 0 radical (unpaired) electrons. The maximum Gasteiger partial charge on any atom is 0.338 e. The number of ether oxygens (including phenoxy) is 3. The highest BCUT2D eigenvalue weighted by atomic mass is 32.1. The maximum absolute atomic E-state index is 14.0. The van der Waals surface area contributed by atoms with Gasteiger partial charge in [0.05, 0.1) is 41.1 Å². The number of aromatic carboxylic acids is 1. The highest BCUT2D eigenvalue weighted by Crippen LogP contribution is 2.36. The van der Waals surface area contributed by atoms with Crippen molar-refractivity contribution in [1.82, 2.24) is 4.98 Å². The van der Waals surface area contributed by atoms with Gasteiger partial charge in [0.1, 0.15) is 23.4 Å². The lowest BCUT2D eigenvalue weighted by atomic mass is 9.99. The van der Waals surface area contributed by atoms with Crippen LogP contribution in [0.3, 0.4) is 0 Å². The molecule has 1 aromatic heterocycles. The third-order valence-electron chi connectivity index (χ3n) is 6.60. The minimum atomic E-state index is -1.24. The number of nitrogens with zero attached hydrogens (tertiary/aromatic N) is 1. The summed E-state index contributed by atoms with van der Waals surface area (Å²) >= 11 is 1.20. The first-order valence-corrected chi connectivity index (χ1v) is 12.5. The first kappa shape index (κ1) is 25.3. The number of aromatic nitrogens is 1. The molecule has 4 rings (SSSR count). The van der Waals surface area contributed by atoms with Gasteiger partial charge < -0.3 is 24.4 Å². The van der Waals surface area contributed by atoms with E-state index in [1.165, 1.54) is 30.2 Å². The van der Waals surface area contributed by atoms with E-state index in [9.17, 15) is 19.4 Å². The Labute approximate surface area is 207 Å². The van der Waals surface area contributed by atoms with Crippen molar-refractivity contribution < 1.29 is 33.6 Å². The number of carboxylic acids is 1. The topological polar surface area (TPSA) is 98.1 Å². The average molecular weight is 504 g/mol. The molecule has 0 aliphatic heterocycles. The molecule has 35 heavy (non-hydrogen) atoms. The summed E-state index contributed by atoms with van der Waals surface area (Å²) in [7, 11) is 3.12. The van der Waals surface area contributed by atoms with Crippen molar-refractivity contribution in [3.05, 3.63) is 51.8 Å². The molecule has 0 amide bonds. The van der Waals surface area contributed by atoms with Crippen LogP contribution in [0.1, 0.15) is 58.3 Å². The zero-order valence-corrected chi connectivity index (χ0v) is 20.9. The van der Waals surface area contributed by atoms with Crippen LogP contribution in [-0.2, 0) is 11.2 Å². The largest absolute Gasteiger partial charge is 0.496 e. The number of fused-ring (bicyclic) bond motifs is 1. The van der Waals surface area contributed by atoms with Gasteiger partial charge in [0, 0.05) is 18.6 Å². The van der Waals surface area contributed by atoms with Crippen LogP contribution in [0.15, 0.2) is 24.3 Å². The minimum absolute atomic E-state index is 0.181. The van der Waals surface area contributed by atoms with E-state index in [-0.39, 0.29) is 17.5 Å². The van der Waals surface area contributed by atoms with Gasteiger partial charge in [-0.05, 0) is 55.5 Å². The Balaban J connectivity index is 1.66. The van der Waals surface area contributed by atoms with E-state index in [4.69, 9.17) is 14.2 Å². The Hall–Kier alpha value is -2.75. The molecular weight excluding hydrogens is 473 g/mol. The van der Waals surface area contributed by atoms with Crippen LogP contribution in [0.25, 0.3) is 10.2 Å². The van der Waals surface area contributed by atoms with Gasteiger partial charge in [-0.25, -0.2) is 14.2 Å². The molecule has 2 aromatic carbocycles. The normalized spacial score (nSPS) is 15.9. The molecule has 7 nitrogen and oxygen atoms in total. The second-order valence-electron chi connectivity index (χ2n) is 8.93. The molecule has 9 heteroatoms. The predicted octanol–water partition coefficient (Wildman–Crippen LogP) is 5.31. The first-order chi connectivity index (χ1) is 16.8. The van der Waals surface area contributed by atoms with E-state index in [0.717, 1.165) is 24.5 Å². The van der Waals surface area contributed by atoms with Crippen molar-refractivity contribution >= 4 is 27.5 Å². The summed E-state index contributed by atoms with van der Waals surface area (Å²) in [6.45, 7) is 2.39. The van der Waals surface area contributed by atoms with Gasteiger partial charge in [0.25, 0.3) is 0 Å². The fourth-order valence-corrected chi connectivity index (χ4v) is 5.72. The third kappa shape index (κ3) is 5.58. The second kappa shape index (κ2) is 10.9. The molecule has 188 valence electrons. The molecule has 1 heterocycles. The average Bonchev–Trinajstić information content (AvgIpc) is 3.50. The van der Waals surface area contributed by atoms with Crippen molar-refractivity contribution in [2.24, 2.45) is 5.92 Å². The van der Waals surface area contributed by atoms with Gasteiger partial charge >= 0.3 is 5.97 Å². The Morgan fingerprint density at radius 2 is 1.83 bits per heavy atom. The van der Waals surface area contributed by atoms with E-state index in [1.807, 2.05) is 6.92 Å². The number of methoxy groups -OCH3 is 2. The van der Waals surface area contributed by atoms with Crippen LogP contribution in [0, 0.1) is 18.7 Å². The van der Waals surface area contributed by atoms with E-state index < -0.39 is 24.0 Å². The Kier molecular flexibility index (Phi) is 7.88. The van der Waals surface area contributed by atoms with Crippen LogP contribution in [-0.4, -0.2) is 48.1 Å². The fourth-order valence-electron chi connectivity index (χ4n) is 4.65. The van der Waals surface area contributed by atoms with Crippen LogP contribution in [0.2, 0.25) is 0 Å². The SMILES string of the molecule is COc1cc([C@@H](O)[C@H](Cc2nc3c(C(=O)O)cc(F)cc3s2)OCC2CCCC2)cc(OC)c1C. The molecule has 0 spiro atoms. The number of benzene rings is 2.